The number of pyridine rings is 1. The second kappa shape index (κ2) is 2.84. The molecule has 0 saturated carbocycles. The van der Waals surface area contributed by atoms with Gasteiger partial charge in [-0.15, -0.1) is 0 Å². The van der Waals surface area contributed by atoms with Gasteiger partial charge in [0.2, 0.25) is 0 Å². The molecule has 0 fully saturated rings. The first-order chi connectivity index (χ1) is 4.72. The lowest BCUT2D eigenvalue weighted by molar-refractivity contribution is 1.27. The van der Waals surface area contributed by atoms with Crippen molar-refractivity contribution in [2.24, 2.45) is 0 Å². The molecule has 0 aromatic carbocycles. The smallest absolute Gasteiger partial charge is 0.0839 e. The Kier molecular flexibility index (Phi) is 2.07. The summed E-state index contributed by atoms with van der Waals surface area (Å²) in [5, 5.41) is 0.662. The molecule has 0 aliphatic heterocycles. The molecule has 0 atom stereocenters. The molecule has 52 valence electrons. The van der Waals surface area contributed by atoms with E-state index >= 15 is 0 Å². The van der Waals surface area contributed by atoms with Crippen LogP contribution < -0.4 is 0 Å². The Bertz CT molecular complexity index is 255. The van der Waals surface area contributed by atoms with E-state index in [0.29, 0.717) is 5.02 Å². The lowest BCUT2D eigenvalue weighted by Crippen LogP contribution is -1.83. The van der Waals surface area contributed by atoms with Gasteiger partial charge in [0.15, 0.2) is 0 Å². The van der Waals surface area contributed by atoms with Crippen LogP contribution in [0.5, 0.6) is 0 Å². The Labute approximate surface area is 65.4 Å². The summed E-state index contributed by atoms with van der Waals surface area (Å²) in [4.78, 5) is 4.05. The van der Waals surface area contributed by atoms with Crippen molar-refractivity contribution in [3.63, 3.8) is 0 Å². The molecule has 0 aliphatic carbocycles. The van der Waals surface area contributed by atoms with Crippen LogP contribution in [0.2, 0.25) is 5.02 Å². The number of nitrogens with zero attached hydrogens (tertiary/aromatic N) is 1. The van der Waals surface area contributed by atoms with Gasteiger partial charge in [-0.25, -0.2) is 0 Å². The Morgan fingerprint density at radius 2 is 2.40 bits per heavy atom. The quantitative estimate of drug-likeness (QED) is 0.605. The zero-order valence-corrected chi connectivity index (χ0v) is 6.52. The molecule has 1 aromatic rings. The van der Waals surface area contributed by atoms with Crippen LogP contribution in [-0.4, -0.2) is 4.98 Å². The lowest BCUT2D eigenvalue weighted by Gasteiger charge is -1.98. The first-order valence-electron chi connectivity index (χ1n) is 2.98. The van der Waals surface area contributed by atoms with Gasteiger partial charge in [0.25, 0.3) is 0 Å². The molecule has 1 heterocycles. The van der Waals surface area contributed by atoms with Gasteiger partial charge in [-0.1, -0.05) is 18.2 Å². The molecule has 1 rings (SSSR count). The normalized spacial score (nSPS) is 9.40. The number of hydrogen-bond donors (Lipinski definition) is 0. The van der Waals surface area contributed by atoms with Gasteiger partial charge in [0.1, 0.15) is 0 Å². The number of allylic oxidation sites excluding steroid dienone is 1. The van der Waals surface area contributed by atoms with Crippen LogP contribution in [0.4, 0.5) is 0 Å². The van der Waals surface area contributed by atoms with Crippen LogP contribution in [0.15, 0.2) is 24.9 Å². The average molecular weight is 154 g/mol. The Hall–Kier alpha value is -0.820. The van der Waals surface area contributed by atoms with Crippen molar-refractivity contribution < 1.29 is 0 Å². The molecule has 0 radical (unpaired) electrons. The molecule has 0 saturated heterocycles. The largest absolute Gasteiger partial charge is 0.255 e. The fraction of sp³-hybridized carbons (Fsp3) is 0.125. The first kappa shape index (κ1) is 7.29. The molecule has 0 spiro atoms. The summed E-state index contributed by atoms with van der Waals surface area (Å²) in [7, 11) is 0. The molecule has 10 heavy (non-hydrogen) atoms. The van der Waals surface area contributed by atoms with Crippen molar-refractivity contribution in [1.29, 1.82) is 0 Å². The average Bonchev–Trinajstić information content (AvgIpc) is 1.88. The van der Waals surface area contributed by atoms with Crippen LogP contribution in [0.1, 0.15) is 12.6 Å². The van der Waals surface area contributed by atoms with Crippen molar-refractivity contribution in [2.45, 2.75) is 6.92 Å². The Morgan fingerprint density at radius 1 is 1.70 bits per heavy atom. The summed E-state index contributed by atoms with van der Waals surface area (Å²) in [6.45, 7) is 5.62. The van der Waals surface area contributed by atoms with Gasteiger partial charge in [-0.3, -0.25) is 4.98 Å². The van der Waals surface area contributed by atoms with Crippen LogP contribution in [0.3, 0.4) is 0 Å². The van der Waals surface area contributed by atoms with Crippen molar-refractivity contribution in [3.8, 4) is 0 Å². The Morgan fingerprint density at radius 3 is 2.80 bits per heavy atom. The highest BCUT2D eigenvalue weighted by atomic mass is 35.5. The van der Waals surface area contributed by atoms with Gasteiger partial charge < -0.3 is 0 Å². The number of hydrogen-bond acceptors (Lipinski definition) is 1. The van der Waals surface area contributed by atoms with Gasteiger partial charge >= 0.3 is 0 Å². The molecule has 0 unspecified atom stereocenters. The van der Waals surface area contributed by atoms with E-state index in [9.17, 15) is 0 Å². The molecule has 0 N–H and O–H groups in total. The highest BCUT2D eigenvalue weighted by Gasteiger charge is 1.98. The maximum absolute atomic E-state index is 5.80. The molecule has 1 aromatic heterocycles. The Balaban J connectivity index is 3.15. The van der Waals surface area contributed by atoms with Gasteiger partial charge in [-0.2, -0.15) is 0 Å². The first-order valence-corrected chi connectivity index (χ1v) is 3.36. The van der Waals surface area contributed by atoms with Crippen molar-refractivity contribution in [3.05, 3.63) is 35.6 Å². The highest BCUT2D eigenvalue weighted by molar-refractivity contribution is 6.32. The molecule has 2 heteroatoms. The van der Waals surface area contributed by atoms with Crippen LogP contribution in [-0.2, 0) is 0 Å². The summed E-state index contributed by atoms with van der Waals surface area (Å²) in [6, 6.07) is 3.60. The van der Waals surface area contributed by atoms with Gasteiger partial charge in [-0.05, 0) is 24.6 Å². The molecule has 0 amide bonds. The summed E-state index contributed by atoms with van der Waals surface area (Å²) < 4.78 is 0. The monoisotopic (exact) mass is 153 g/mol. The molecule has 0 aliphatic rings. The fourth-order valence-corrected chi connectivity index (χ4v) is 0.983. The minimum Gasteiger partial charge on any atom is -0.255 e. The zero-order chi connectivity index (χ0) is 7.56. The van der Waals surface area contributed by atoms with Crippen LogP contribution in [0.25, 0.3) is 5.57 Å². The van der Waals surface area contributed by atoms with Crippen LogP contribution in [0, 0.1) is 0 Å². The summed E-state index contributed by atoms with van der Waals surface area (Å²) in [5.41, 5.74) is 1.68. The third-order valence-corrected chi connectivity index (χ3v) is 1.47. The fourth-order valence-electron chi connectivity index (χ4n) is 0.700. The topological polar surface area (TPSA) is 12.9 Å². The second-order valence-electron chi connectivity index (χ2n) is 2.11. The van der Waals surface area contributed by atoms with E-state index < -0.39 is 0 Å². The van der Waals surface area contributed by atoms with E-state index in [4.69, 9.17) is 11.6 Å². The van der Waals surface area contributed by atoms with Crippen molar-refractivity contribution in [2.75, 3.05) is 0 Å². The number of rotatable bonds is 1. The molecule has 0 bridgehead atoms. The van der Waals surface area contributed by atoms with E-state index in [0.717, 1.165) is 11.3 Å². The minimum atomic E-state index is 0.662. The second-order valence-corrected chi connectivity index (χ2v) is 2.52. The van der Waals surface area contributed by atoms with E-state index in [1.807, 2.05) is 6.92 Å². The standard InChI is InChI=1S/C8H8ClN/c1-6(2)8-7(9)4-3-5-10-8/h3-5H,1H2,2H3. The van der Waals surface area contributed by atoms with E-state index in [2.05, 4.69) is 11.6 Å². The van der Waals surface area contributed by atoms with E-state index in [1.54, 1.807) is 18.3 Å². The van der Waals surface area contributed by atoms with Gasteiger partial charge in [0.05, 0.1) is 10.7 Å². The summed E-state index contributed by atoms with van der Waals surface area (Å²) >= 11 is 5.80. The third-order valence-electron chi connectivity index (χ3n) is 1.16. The molecular weight excluding hydrogens is 146 g/mol. The summed E-state index contributed by atoms with van der Waals surface area (Å²) in [5.74, 6) is 0. The molecular formula is C8H8ClN. The van der Waals surface area contributed by atoms with E-state index in [-0.39, 0.29) is 0 Å². The molecule has 1 nitrogen and oxygen atoms in total. The summed E-state index contributed by atoms with van der Waals surface area (Å²) in [6.07, 6.45) is 1.70. The minimum absolute atomic E-state index is 0.662. The predicted octanol–water partition coefficient (Wildman–Crippen LogP) is 2.77. The van der Waals surface area contributed by atoms with Crippen molar-refractivity contribution in [1.82, 2.24) is 4.98 Å². The predicted molar refractivity (Wildman–Crippen MR) is 44.0 cm³/mol. The van der Waals surface area contributed by atoms with Crippen molar-refractivity contribution >= 4 is 17.2 Å². The number of aromatic nitrogens is 1. The maximum Gasteiger partial charge on any atom is 0.0839 e. The maximum atomic E-state index is 5.80. The van der Waals surface area contributed by atoms with Crippen LogP contribution >= 0.6 is 11.6 Å². The lowest BCUT2D eigenvalue weighted by atomic mass is 10.2. The third kappa shape index (κ3) is 1.36. The van der Waals surface area contributed by atoms with E-state index in [1.165, 1.54) is 0 Å². The van der Waals surface area contributed by atoms with Gasteiger partial charge in [0, 0.05) is 6.20 Å². The number of halogens is 1. The highest BCUT2D eigenvalue weighted by Crippen LogP contribution is 2.18. The SMILES string of the molecule is C=C(C)c1ncccc1Cl. The zero-order valence-electron chi connectivity index (χ0n) is 5.76.